The van der Waals surface area contributed by atoms with Gasteiger partial charge in [-0.1, -0.05) is 6.07 Å². The van der Waals surface area contributed by atoms with Crippen LogP contribution in [0.5, 0.6) is 0 Å². The Morgan fingerprint density at radius 2 is 2.03 bits per heavy atom. The number of aromatic nitrogens is 2. The van der Waals surface area contributed by atoms with Gasteiger partial charge in [0.05, 0.1) is 30.8 Å². The van der Waals surface area contributed by atoms with Gasteiger partial charge in [-0.15, -0.1) is 22.7 Å². The molecule has 5 rings (SSSR count). The molecule has 4 aromatic heterocycles. The van der Waals surface area contributed by atoms with E-state index in [1.807, 2.05) is 41.9 Å². The molecule has 0 saturated carbocycles. The Morgan fingerprint density at radius 1 is 1.21 bits per heavy atom. The normalized spacial score (nSPS) is 16.3. The third kappa shape index (κ3) is 4.93. The smallest absolute Gasteiger partial charge is 0.260 e. The second-order valence-corrected chi connectivity index (χ2v) is 9.98. The lowest BCUT2D eigenvalue weighted by Crippen LogP contribution is -2.49. The van der Waals surface area contributed by atoms with Gasteiger partial charge >= 0.3 is 0 Å². The van der Waals surface area contributed by atoms with Crippen LogP contribution in [0.3, 0.4) is 0 Å². The molecule has 1 saturated heterocycles. The molecule has 0 bridgehead atoms. The lowest BCUT2D eigenvalue weighted by atomic mass is 10.2. The number of H-pyrrole nitrogens is 1. The van der Waals surface area contributed by atoms with E-state index in [-0.39, 0.29) is 17.5 Å². The first-order valence-corrected chi connectivity index (χ1v) is 12.6. The van der Waals surface area contributed by atoms with Crippen LogP contribution in [-0.4, -0.2) is 58.4 Å². The number of amides is 1. The summed E-state index contributed by atoms with van der Waals surface area (Å²) >= 11 is 3.13. The molecule has 5 heterocycles. The zero-order valence-electron chi connectivity index (χ0n) is 18.2. The number of aromatic amines is 1. The molecule has 1 fully saturated rings. The van der Waals surface area contributed by atoms with Crippen molar-refractivity contribution in [3.8, 4) is 10.4 Å². The fraction of sp³-hybridized carbons (Fsp3) is 0.348. The number of fused-ring (bicyclic) bond motifs is 1. The first-order valence-electron chi connectivity index (χ1n) is 10.9. The maximum Gasteiger partial charge on any atom is 0.260 e. The van der Waals surface area contributed by atoms with Gasteiger partial charge in [0.2, 0.25) is 5.91 Å². The van der Waals surface area contributed by atoms with Crippen molar-refractivity contribution in [1.82, 2.24) is 25.1 Å². The fourth-order valence-electron chi connectivity index (χ4n) is 4.10. The predicted molar refractivity (Wildman–Crippen MR) is 131 cm³/mol. The number of carbonyl (C=O) groups is 1. The Morgan fingerprint density at radius 3 is 2.76 bits per heavy atom. The molecule has 1 unspecified atom stereocenters. The van der Waals surface area contributed by atoms with Crippen LogP contribution >= 0.6 is 22.7 Å². The van der Waals surface area contributed by atoms with Crippen LogP contribution in [0.25, 0.3) is 20.7 Å². The number of nitrogens with one attached hydrogen (secondary N) is 2. The van der Waals surface area contributed by atoms with Crippen molar-refractivity contribution in [2.75, 3.05) is 32.7 Å². The number of hydrogen-bond acceptors (Lipinski definition) is 8. The van der Waals surface area contributed by atoms with Crippen LogP contribution in [0.15, 0.2) is 50.5 Å². The van der Waals surface area contributed by atoms with Gasteiger partial charge in [-0.3, -0.25) is 19.4 Å². The van der Waals surface area contributed by atoms with Gasteiger partial charge < -0.3 is 14.7 Å². The van der Waals surface area contributed by atoms with Crippen LogP contribution in [0.4, 0.5) is 0 Å². The summed E-state index contributed by atoms with van der Waals surface area (Å²) < 4.78 is 5.35. The average Bonchev–Trinajstić information content (AvgIpc) is 3.56. The van der Waals surface area contributed by atoms with Gasteiger partial charge in [0.25, 0.3) is 5.56 Å². The van der Waals surface area contributed by atoms with Gasteiger partial charge in [0, 0.05) is 42.0 Å². The largest absolute Gasteiger partial charge is 0.467 e. The molecule has 33 heavy (non-hydrogen) atoms. The molecule has 8 nitrogen and oxygen atoms in total. The van der Waals surface area contributed by atoms with Gasteiger partial charge in [-0.2, -0.15) is 0 Å². The Labute approximate surface area is 198 Å². The van der Waals surface area contributed by atoms with E-state index in [1.165, 1.54) is 11.3 Å². The maximum absolute atomic E-state index is 12.8. The molecule has 10 heteroatoms. The van der Waals surface area contributed by atoms with E-state index in [2.05, 4.69) is 20.1 Å². The van der Waals surface area contributed by atoms with Crippen LogP contribution in [0, 0.1) is 0 Å². The topological polar surface area (TPSA) is 94.5 Å². The van der Waals surface area contributed by atoms with Crippen molar-refractivity contribution in [2.24, 2.45) is 0 Å². The molecule has 0 aromatic carbocycles. The van der Waals surface area contributed by atoms with Crippen LogP contribution in [0.2, 0.25) is 0 Å². The van der Waals surface area contributed by atoms with E-state index in [1.54, 1.807) is 17.6 Å². The van der Waals surface area contributed by atoms with E-state index < -0.39 is 0 Å². The highest BCUT2D eigenvalue weighted by atomic mass is 32.1. The molecule has 1 atom stereocenters. The van der Waals surface area contributed by atoms with Crippen molar-refractivity contribution >= 4 is 38.8 Å². The molecule has 172 valence electrons. The minimum absolute atomic E-state index is 0.0111. The molecule has 4 aromatic rings. The van der Waals surface area contributed by atoms with E-state index >= 15 is 0 Å². The first-order chi connectivity index (χ1) is 16.1. The second-order valence-electron chi connectivity index (χ2n) is 8.18. The number of piperazine rings is 1. The van der Waals surface area contributed by atoms with Gasteiger partial charge in [0.1, 0.15) is 16.4 Å². The lowest BCUT2D eigenvalue weighted by Gasteiger charge is -2.34. The molecule has 0 radical (unpaired) electrons. The van der Waals surface area contributed by atoms with Crippen molar-refractivity contribution in [3.05, 3.63) is 63.2 Å². The van der Waals surface area contributed by atoms with E-state index in [9.17, 15) is 9.59 Å². The van der Waals surface area contributed by atoms with Crippen molar-refractivity contribution in [3.63, 3.8) is 0 Å². The molecule has 1 amide bonds. The zero-order valence-corrected chi connectivity index (χ0v) is 19.9. The monoisotopic (exact) mass is 483 g/mol. The second kappa shape index (κ2) is 9.60. The highest BCUT2D eigenvalue weighted by Gasteiger charge is 2.22. The summed E-state index contributed by atoms with van der Waals surface area (Å²) in [6.45, 7) is 6.07. The standard InChI is InChI=1S/C23H25N5O3S2/c1-15(17-4-2-10-31-17)24-20(29)13-28-8-6-27(7-9-28)12-19-25-22(30)21-16(14-33-23(21)26-19)18-5-3-11-32-18/h2-5,10-11,14-15H,6-9,12-13H2,1H3,(H,24,29)(H,25,26,30). The van der Waals surface area contributed by atoms with Crippen LogP contribution in [0.1, 0.15) is 24.6 Å². The summed E-state index contributed by atoms with van der Waals surface area (Å²) in [5, 5.41) is 7.68. The van der Waals surface area contributed by atoms with Gasteiger partial charge in [-0.25, -0.2) is 4.98 Å². The van der Waals surface area contributed by atoms with Crippen LogP contribution < -0.4 is 10.9 Å². The number of thiophene rings is 2. The van der Waals surface area contributed by atoms with Crippen molar-refractivity contribution in [2.45, 2.75) is 19.5 Å². The number of hydrogen-bond donors (Lipinski definition) is 2. The summed E-state index contributed by atoms with van der Waals surface area (Å²) in [6, 6.07) is 7.54. The highest BCUT2D eigenvalue weighted by molar-refractivity contribution is 7.18. The van der Waals surface area contributed by atoms with Crippen molar-refractivity contribution < 1.29 is 9.21 Å². The quantitative estimate of drug-likeness (QED) is 0.419. The van der Waals surface area contributed by atoms with Crippen molar-refractivity contribution in [1.29, 1.82) is 0 Å². The summed E-state index contributed by atoms with van der Waals surface area (Å²) in [6.07, 6.45) is 1.61. The molecule has 1 aliphatic rings. The summed E-state index contributed by atoms with van der Waals surface area (Å²) in [5.74, 6) is 1.42. The molecule has 0 aliphatic carbocycles. The van der Waals surface area contributed by atoms with Crippen LogP contribution in [-0.2, 0) is 11.3 Å². The minimum atomic E-state index is -0.149. The summed E-state index contributed by atoms with van der Waals surface area (Å²) in [4.78, 5) is 39.2. The first kappa shape index (κ1) is 22.0. The maximum atomic E-state index is 12.8. The third-order valence-corrected chi connectivity index (χ3v) is 7.61. The molecule has 0 spiro atoms. The predicted octanol–water partition coefficient (Wildman–Crippen LogP) is 3.30. The van der Waals surface area contributed by atoms with Gasteiger partial charge in [0.15, 0.2) is 0 Å². The Hall–Kier alpha value is -2.79. The minimum Gasteiger partial charge on any atom is -0.467 e. The molecule has 2 N–H and O–H groups in total. The average molecular weight is 484 g/mol. The van der Waals surface area contributed by atoms with E-state index in [0.29, 0.717) is 24.3 Å². The fourth-order valence-corrected chi connectivity index (χ4v) is 5.88. The number of nitrogens with zero attached hydrogens (tertiary/aromatic N) is 3. The Kier molecular flexibility index (Phi) is 6.41. The SMILES string of the molecule is CC(NC(=O)CN1CCN(Cc2nc3scc(-c4cccs4)c3c(=O)[nH]2)CC1)c1ccco1. The molecular weight excluding hydrogens is 458 g/mol. The number of furan rings is 1. The molecular formula is C23H25N5O3S2. The third-order valence-electron chi connectivity index (χ3n) is 5.83. The highest BCUT2D eigenvalue weighted by Crippen LogP contribution is 2.33. The van der Waals surface area contributed by atoms with Gasteiger partial charge in [-0.05, 0) is 30.5 Å². The number of carbonyl (C=O) groups excluding carboxylic acids is 1. The number of rotatable bonds is 7. The van der Waals surface area contributed by atoms with E-state index in [0.717, 1.165) is 47.2 Å². The summed E-state index contributed by atoms with van der Waals surface area (Å²) in [7, 11) is 0. The lowest BCUT2D eigenvalue weighted by molar-refractivity contribution is -0.123. The Balaban J connectivity index is 1.16. The zero-order chi connectivity index (χ0) is 22.8. The Bertz CT molecular complexity index is 1270. The molecule has 1 aliphatic heterocycles. The van der Waals surface area contributed by atoms with E-state index in [4.69, 9.17) is 9.40 Å². The summed E-state index contributed by atoms with van der Waals surface area (Å²) in [5.41, 5.74) is 0.874.